The Morgan fingerprint density at radius 3 is 2.28 bits per heavy atom. The number of Topliss-reactive ketones (excluding diaryl/α,β-unsaturated/α-hetero) is 1. The maximum absolute atomic E-state index is 13.4. The first-order valence-electron chi connectivity index (χ1n) is 10.9. The Morgan fingerprint density at radius 2 is 1.56 bits per heavy atom. The molecule has 0 atom stereocenters. The van der Waals surface area contributed by atoms with Gasteiger partial charge in [-0.15, -0.1) is 0 Å². The number of rotatable bonds is 7. The summed E-state index contributed by atoms with van der Waals surface area (Å²) in [7, 11) is 0. The average molecular weight is 427 g/mol. The van der Waals surface area contributed by atoms with Crippen molar-refractivity contribution in [3.05, 3.63) is 116 Å². The van der Waals surface area contributed by atoms with Gasteiger partial charge >= 0.3 is 5.69 Å². The molecule has 0 saturated heterocycles. The molecule has 0 saturated carbocycles. The zero-order chi connectivity index (χ0) is 22.7. The van der Waals surface area contributed by atoms with E-state index < -0.39 is 0 Å². The van der Waals surface area contributed by atoms with Gasteiger partial charge in [0.15, 0.2) is 5.78 Å². The van der Waals surface area contributed by atoms with Crippen molar-refractivity contribution in [3.63, 3.8) is 0 Å². The molecule has 32 heavy (non-hydrogen) atoms. The Morgan fingerprint density at radius 1 is 0.844 bits per heavy atom. The van der Waals surface area contributed by atoms with Crippen LogP contribution in [0.5, 0.6) is 0 Å². The molecule has 0 radical (unpaired) electrons. The number of ketones is 1. The van der Waals surface area contributed by atoms with Crippen molar-refractivity contribution >= 4 is 16.7 Å². The molecule has 0 aliphatic rings. The molecular formula is C27H26N2O3. The molecule has 0 amide bonds. The van der Waals surface area contributed by atoms with Gasteiger partial charge in [-0.1, -0.05) is 67.6 Å². The predicted octanol–water partition coefficient (Wildman–Crippen LogP) is 4.36. The van der Waals surface area contributed by atoms with Crippen molar-refractivity contribution in [2.45, 2.75) is 39.8 Å². The van der Waals surface area contributed by atoms with E-state index >= 15 is 0 Å². The molecule has 3 aromatic carbocycles. The molecule has 0 spiro atoms. The van der Waals surface area contributed by atoms with Gasteiger partial charge in [-0.2, -0.15) is 0 Å². The van der Waals surface area contributed by atoms with Gasteiger partial charge in [-0.05, 0) is 42.2 Å². The lowest BCUT2D eigenvalue weighted by Crippen LogP contribution is -2.40. The summed E-state index contributed by atoms with van der Waals surface area (Å²) in [5.41, 5.74) is 3.62. The van der Waals surface area contributed by atoms with Crippen LogP contribution in [-0.2, 0) is 19.5 Å². The van der Waals surface area contributed by atoms with Crippen LogP contribution in [0.3, 0.4) is 0 Å². The third-order valence-electron chi connectivity index (χ3n) is 5.85. The number of nitrogens with zero attached hydrogens (tertiary/aromatic N) is 2. The van der Waals surface area contributed by atoms with E-state index in [9.17, 15) is 14.4 Å². The number of hydrogen-bond donors (Lipinski definition) is 0. The lowest BCUT2D eigenvalue weighted by Gasteiger charge is -2.15. The van der Waals surface area contributed by atoms with Crippen molar-refractivity contribution < 1.29 is 4.79 Å². The summed E-state index contributed by atoms with van der Waals surface area (Å²) in [5, 5.41) is 0.523. The van der Waals surface area contributed by atoms with Crippen LogP contribution >= 0.6 is 0 Å². The zero-order valence-corrected chi connectivity index (χ0v) is 18.4. The van der Waals surface area contributed by atoms with Crippen molar-refractivity contribution in [3.8, 4) is 0 Å². The van der Waals surface area contributed by atoms with Crippen LogP contribution in [-0.4, -0.2) is 14.9 Å². The molecule has 1 aromatic heterocycles. The number of fused-ring (bicyclic) bond motifs is 1. The van der Waals surface area contributed by atoms with Gasteiger partial charge in [0.05, 0.1) is 17.4 Å². The Bertz CT molecular complexity index is 1400. The highest BCUT2D eigenvalue weighted by Crippen LogP contribution is 2.16. The second kappa shape index (κ2) is 9.18. The standard InChI is InChI=1S/C27H26N2O3/c1-3-25(30)22-14-13-21(17-19(22)2)18-29-24-12-8-7-11-23(24)26(31)28(27(29)32)16-15-20-9-5-4-6-10-20/h4-14,17H,3,15-16,18H2,1-2H3. The summed E-state index contributed by atoms with van der Waals surface area (Å²) >= 11 is 0. The van der Waals surface area contributed by atoms with E-state index in [4.69, 9.17) is 0 Å². The van der Waals surface area contributed by atoms with E-state index in [-0.39, 0.29) is 17.0 Å². The molecule has 0 N–H and O–H groups in total. The molecular weight excluding hydrogens is 400 g/mol. The normalized spacial score (nSPS) is 11.1. The highest BCUT2D eigenvalue weighted by Gasteiger charge is 2.14. The maximum Gasteiger partial charge on any atom is 0.331 e. The monoisotopic (exact) mass is 426 g/mol. The third-order valence-corrected chi connectivity index (χ3v) is 5.85. The molecule has 4 rings (SSSR count). The molecule has 0 unspecified atom stereocenters. The van der Waals surface area contributed by atoms with Crippen molar-refractivity contribution in [1.29, 1.82) is 0 Å². The number of para-hydroxylation sites is 1. The Labute approximate surface area is 186 Å². The topological polar surface area (TPSA) is 61.1 Å². The highest BCUT2D eigenvalue weighted by molar-refractivity contribution is 5.97. The molecule has 0 bridgehead atoms. The number of aromatic nitrogens is 2. The zero-order valence-electron chi connectivity index (χ0n) is 18.4. The summed E-state index contributed by atoms with van der Waals surface area (Å²) in [4.78, 5) is 38.6. The SMILES string of the molecule is CCC(=O)c1ccc(Cn2c(=O)n(CCc3ccccc3)c(=O)c3ccccc32)cc1C. The van der Waals surface area contributed by atoms with E-state index in [0.717, 1.165) is 16.7 Å². The molecule has 0 fully saturated rings. The molecule has 1 heterocycles. The van der Waals surface area contributed by atoms with E-state index in [1.165, 1.54) is 4.57 Å². The lowest BCUT2D eigenvalue weighted by atomic mass is 10.0. The van der Waals surface area contributed by atoms with E-state index in [2.05, 4.69) is 0 Å². The molecule has 5 heteroatoms. The summed E-state index contributed by atoms with van der Waals surface area (Å²) in [6.07, 6.45) is 1.05. The van der Waals surface area contributed by atoms with Gasteiger partial charge in [0.1, 0.15) is 0 Å². The Kier molecular flexibility index (Phi) is 6.17. The first kappa shape index (κ1) is 21.5. The van der Waals surface area contributed by atoms with Crippen molar-refractivity contribution in [2.24, 2.45) is 0 Å². The molecule has 162 valence electrons. The van der Waals surface area contributed by atoms with Crippen molar-refractivity contribution in [1.82, 2.24) is 9.13 Å². The van der Waals surface area contributed by atoms with Gasteiger partial charge in [0.25, 0.3) is 5.56 Å². The maximum atomic E-state index is 13.4. The molecule has 4 aromatic rings. The van der Waals surface area contributed by atoms with E-state index in [0.29, 0.717) is 42.4 Å². The smallest absolute Gasteiger partial charge is 0.294 e. The average Bonchev–Trinajstić information content (AvgIpc) is 2.82. The fourth-order valence-corrected chi connectivity index (χ4v) is 4.12. The quantitative estimate of drug-likeness (QED) is 0.413. The minimum absolute atomic E-state index is 0.103. The van der Waals surface area contributed by atoms with Gasteiger partial charge in [0.2, 0.25) is 0 Å². The van der Waals surface area contributed by atoms with Crippen LogP contribution in [0, 0.1) is 6.92 Å². The largest absolute Gasteiger partial charge is 0.331 e. The molecule has 0 aliphatic heterocycles. The summed E-state index contributed by atoms with van der Waals surface area (Å²) in [5.74, 6) is 0.103. The summed E-state index contributed by atoms with van der Waals surface area (Å²) in [6.45, 7) is 4.40. The van der Waals surface area contributed by atoms with Crippen molar-refractivity contribution in [2.75, 3.05) is 0 Å². The first-order chi connectivity index (χ1) is 15.5. The number of aryl methyl sites for hydroxylation is 2. The summed E-state index contributed by atoms with van der Waals surface area (Å²) in [6, 6.07) is 22.7. The summed E-state index contributed by atoms with van der Waals surface area (Å²) < 4.78 is 2.98. The minimum Gasteiger partial charge on any atom is -0.294 e. The van der Waals surface area contributed by atoms with Crippen LogP contribution in [0.1, 0.15) is 40.4 Å². The Hall–Kier alpha value is -3.73. The van der Waals surface area contributed by atoms with Crippen LogP contribution in [0.15, 0.2) is 82.4 Å². The molecule has 5 nitrogen and oxygen atoms in total. The highest BCUT2D eigenvalue weighted by atomic mass is 16.2. The van der Waals surface area contributed by atoms with Crippen LogP contribution < -0.4 is 11.2 Å². The minimum atomic E-state index is -0.323. The fraction of sp³-hybridized carbons (Fsp3) is 0.222. The number of carbonyl (C=O) groups is 1. The second-order valence-electron chi connectivity index (χ2n) is 8.00. The third kappa shape index (κ3) is 4.19. The van der Waals surface area contributed by atoms with Gasteiger partial charge in [0, 0.05) is 18.5 Å². The first-order valence-corrected chi connectivity index (χ1v) is 10.9. The van der Waals surface area contributed by atoms with Gasteiger partial charge in [-0.3, -0.25) is 18.7 Å². The van der Waals surface area contributed by atoms with E-state index in [1.54, 1.807) is 10.6 Å². The van der Waals surface area contributed by atoms with Gasteiger partial charge in [-0.25, -0.2) is 4.79 Å². The fourth-order valence-electron chi connectivity index (χ4n) is 4.12. The Balaban J connectivity index is 1.77. The van der Waals surface area contributed by atoms with Crippen LogP contribution in [0.25, 0.3) is 10.9 Å². The van der Waals surface area contributed by atoms with E-state index in [1.807, 2.05) is 80.6 Å². The number of carbonyl (C=O) groups excluding carboxylic acids is 1. The number of hydrogen-bond acceptors (Lipinski definition) is 3. The number of benzene rings is 3. The predicted molar refractivity (Wildman–Crippen MR) is 128 cm³/mol. The van der Waals surface area contributed by atoms with Crippen LogP contribution in [0.4, 0.5) is 0 Å². The van der Waals surface area contributed by atoms with Crippen LogP contribution in [0.2, 0.25) is 0 Å². The second-order valence-corrected chi connectivity index (χ2v) is 8.00. The lowest BCUT2D eigenvalue weighted by molar-refractivity contribution is 0.0987. The van der Waals surface area contributed by atoms with Gasteiger partial charge < -0.3 is 0 Å². The molecule has 0 aliphatic carbocycles.